The first kappa shape index (κ1) is 13.0. The molecular weight excluding hydrogens is 262 g/mol. The lowest BCUT2D eigenvalue weighted by molar-refractivity contribution is 1.06. The lowest BCUT2D eigenvalue weighted by Gasteiger charge is -2.19. The summed E-state index contributed by atoms with van der Waals surface area (Å²) in [6.07, 6.45) is 1.31. The highest BCUT2D eigenvalue weighted by Gasteiger charge is 2.12. The highest BCUT2D eigenvalue weighted by atomic mass is 32.1. The number of benzene rings is 1. The molecule has 1 heterocycles. The van der Waals surface area contributed by atoms with Crippen molar-refractivity contribution in [3.05, 3.63) is 46.5 Å². The molecule has 2 aromatic rings. The van der Waals surface area contributed by atoms with Gasteiger partial charge in [0.2, 0.25) is 0 Å². The molecular formula is C12H13N5OS. The Morgan fingerprint density at radius 2 is 2.21 bits per heavy atom. The zero-order chi connectivity index (χ0) is 14.0. The Morgan fingerprint density at radius 3 is 2.89 bits per heavy atom. The van der Waals surface area contributed by atoms with Gasteiger partial charge in [-0.1, -0.05) is 24.4 Å². The van der Waals surface area contributed by atoms with Crippen molar-refractivity contribution in [2.75, 3.05) is 17.7 Å². The van der Waals surface area contributed by atoms with Gasteiger partial charge in [-0.25, -0.2) is 4.98 Å². The van der Waals surface area contributed by atoms with Crippen molar-refractivity contribution < 1.29 is 0 Å². The van der Waals surface area contributed by atoms with Crippen LogP contribution in [-0.4, -0.2) is 22.0 Å². The molecule has 0 aliphatic heterocycles. The van der Waals surface area contributed by atoms with Gasteiger partial charge in [0.05, 0.1) is 6.33 Å². The molecule has 0 amide bonds. The second-order valence-electron chi connectivity index (χ2n) is 3.94. The fourth-order valence-electron chi connectivity index (χ4n) is 1.66. The molecule has 19 heavy (non-hydrogen) atoms. The van der Waals surface area contributed by atoms with Crippen LogP contribution in [0.3, 0.4) is 0 Å². The second kappa shape index (κ2) is 5.07. The number of nitrogens with two attached hydrogens (primary N) is 2. The normalized spacial score (nSPS) is 10.2. The number of rotatable bonds is 3. The van der Waals surface area contributed by atoms with Crippen LogP contribution < -0.4 is 21.9 Å². The Kier molecular flexibility index (Phi) is 3.48. The molecule has 98 valence electrons. The third-order valence-corrected chi connectivity index (χ3v) is 2.94. The van der Waals surface area contributed by atoms with E-state index >= 15 is 0 Å². The van der Waals surface area contributed by atoms with Crippen LogP contribution in [0.2, 0.25) is 0 Å². The van der Waals surface area contributed by atoms with E-state index in [0.717, 1.165) is 11.3 Å². The smallest absolute Gasteiger partial charge is 0.276 e. The maximum Gasteiger partial charge on any atom is 0.276 e. The maximum atomic E-state index is 11.5. The highest BCUT2D eigenvalue weighted by Crippen LogP contribution is 2.24. The molecule has 0 saturated carbocycles. The van der Waals surface area contributed by atoms with Gasteiger partial charge in [0.15, 0.2) is 5.82 Å². The number of nitrogens with zero attached hydrogens (tertiary/aromatic N) is 2. The van der Waals surface area contributed by atoms with Gasteiger partial charge in [-0.3, -0.25) is 4.79 Å². The zero-order valence-electron chi connectivity index (χ0n) is 10.3. The number of nitrogens with one attached hydrogen (secondary N) is 1. The summed E-state index contributed by atoms with van der Waals surface area (Å²) in [5, 5.41) is 0. The lowest BCUT2D eigenvalue weighted by Crippen LogP contribution is -2.21. The Bertz CT molecular complexity index is 682. The van der Waals surface area contributed by atoms with Crippen molar-refractivity contribution >= 4 is 34.4 Å². The van der Waals surface area contributed by atoms with Gasteiger partial charge in [0, 0.05) is 18.3 Å². The zero-order valence-corrected chi connectivity index (χ0v) is 11.1. The molecule has 0 saturated heterocycles. The van der Waals surface area contributed by atoms with Crippen LogP contribution in [0.1, 0.15) is 5.56 Å². The molecule has 5 N–H and O–H groups in total. The first-order valence-electron chi connectivity index (χ1n) is 5.47. The molecule has 0 atom stereocenters. The van der Waals surface area contributed by atoms with E-state index in [1.165, 1.54) is 6.33 Å². The van der Waals surface area contributed by atoms with Gasteiger partial charge in [0.25, 0.3) is 5.56 Å². The predicted molar refractivity (Wildman–Crippen MR) is 79.7 cm³/mol. The molecule has 0 bridgehead atoms. The van der Waals surface area contributed by atoms with E-state index in [0.29, 0.717) is 10.8 Å². The van der Waals surface area contributed by atoms with E-state index < -0.39 is 0 Å². The second-order valence-corrected chi connectivity index (χ2v) is 4.38. The summed E-state index contributed by atoms with van der Waals surface area (Å²) < 4.78 is 0. The van der Waals surface area contributed by atoms with Crippen molar-refractivity contribution in [1.29, 1.82) is 0 Å². The number of nitrogen functional groups attached to an aromatic ring is 1. The topological polar surface area (TPSA) is 101 Å². The van der Waals surface area contributed by atoms with Gasteiger partial charge >= 0.3 is 0 Å². The minimum absolute atomic E-state index is 0.0609. The van der Waals surface area contributed by atoms with Crippen molar-refractivity contribution in [2.45, 2.75) is 0 Å². The Hall–Kier alpha value is -2.41. The van der Waals surface area contributed by atoms with Crippen LogP contribution in [0.5, 0.6) is 0 Å². The van der Waals surface area contributed by atoms with Crippen molar-refractivity contribution in [2.24, 2.45) is 5.73 Å². The summed E-state index contributed by atoms with van der Waals surface area (Å²) in [4.78, 5) is 20.0. The SMILES string of the molecule is CN(c1cccc(C(N)=S)c1)c1nc[nH]c(=O)c1N. The van der Waals surface area contributed by atoms with Crippen LogP contribution in [0.25, 0.3) is 0 Å². The van der Waals surface area contributed by atoms with Gasteiger partial charge in [-0.15, -0.1) is 0 Å². The molecule has 0 unspecified atom stereocenters. The van der Waals surface area contributed by atoms with E-state index in [1.807, 2.05) is 24.3 Å². The number of H-pyrrole nitrogens is 1. The molecule has 1 aromatic heterocycles. The molecule has 0 aliphatic carbocycles. The molecule has 0 spiro atoms. The van der Waals surface area contributed by atoms with Gasteiger partial charge in [0.1, 0.15) is 10.7 Å². The molecule has 7 heteroatoms. The molecule has 0 fully saturated rings. The Labute approximate surface area is 115 Å². The third-order valence-electron chi connectivity index (χ3n) is 2.70. The Morgan fingerprint density at radius 1 is 1.47 bits per heavy atom. The number of hydrogen-bond donors (Lipinski definition) is 3. The number of anilines is 3. The first-order valence-corrected chi connectivity index (χ1v) is 5.88. The van der Waals surface area contributed by atoms with E-state index in [2.05, 4.69) is 9.97 Å². The maximum absolute atomic E-state index is 11.5. The number of hydrogen-bond acceptors (Lipinski definition) is 5. The predicted octanol–water partition coefficient (Wildman–Crippen LogP) is 0.754. The summed E-state index contributed by atoms with van der Waals surface area (Å²) in [5.41, 5.74) is 12.5. The van der Waals surface area contributed by atoms with Crippen molar-refractivity contribution in [3.8, 4) is 0 Å². The summed E-state index contributed by atoms with van der Waals surface area (Å²) in [5.74, 6) is 0.379. The fraction of sp³-hybridized carbons (Fsp3) is 0.0833. The van der Waals surface area contributed by atoms with Crippen LogP contribution in [-0.2, 0) is 0 Å². The van der Waals surface area contributed by atoms with Crippen LogP contribution in [0.15, 0.2) is 35.4 Å². The van der Waals surface area contributed by atoms with Gasteiger partial charge in [-0.2, -0.15) is 0 Å². The molecule has 1 aromatic carbocycles. The standard InChI is InChI=1S/C12H13N5OS/c1-17(11-9(13)12(18)16-6-15-11)8-4-2-3-7(5-8)10(14)19/h2-6H,13H2,1H3,(H2,14,19)(H,15,16,18). The minimum Gasteiger partial charge on any atom is -0.391 e. The third kappa shape index (κ3) is 2.55. The first-order chi connectivity index (χ1) is 9.00. The van der Waals surface area contributed by atoms with E-state index in [9.17, 15) is 4.79 Å². The number of aromatic amines is 1. The molecule has 6 nitrogen and oxygen atoms in total. The highest BCUT2D eigenvalue weighted by molar-refractivity contribution is 7.80. The summed E-state index contributed by atoms with van der Waals surface area (Å²) in [7, 11) is 1.76. The minimum atomic E-state index is -0.373. The number of aromatic nitrogens is 2. The van der Waals surface area contributed by atoms with E-state index in [4.69, 9.17) is 23.7 Å². The number of thiocarbonyl (C=S) groups is 1. The largest absolute Gasteiger partial charge is 0.391 e. The average molecular weight is 275 g/mol. The van der Waals surface area contributed by atoms with Gasteiger partial charge in [-0.05, 0) is 12.1 Å². The van der Waals surface area contributed by atoms with Crippen molar-refractivity contribution in [3.63, 3.8) is 0 Å². The monoisotopic (exact) mass is 275 g/mol. The molecule has 2 rings (SSSR count). The summed E-state index contributed by atoms with van der Waals surface area (Å²) in [6.45, 7) is 0. The van der Waals surface area contributed by atoms with Crippen LogP contribution in [0.4, 0.5) is 17.2 Å². The lowest BCUT2D eigenvalue weighted by atomic mass is 10.2. The van der Waals surface area contributed by atoms with E-state index in [1.54, 1.807) is 11.9 Å². The van der Waals surface area contributed by atoms with Gasteiger partial charge < -0.3 is 21.4 Å². The molecule has 0 radical (unpaired) electrons. The molecule has 0 aliphatic rings. The van der Waals surface area contributed by atoms with Crippen molar-refractivity contribution in [1.82, 2.24) is 9.97 Å². The average Bonchev–Trinajstić information content (AvgIpc) is 2.41. The summed E-state index contributed by atoms with van der Waals surface area (Å²) >= 11 is 4.94. The Balaban J connectivity index is 2.47. The van der Waals surface area contributed by atoms with Crippen LogP contribution in [0, 0.1) is 0 Å². The quantitative estimate of drug-likeness (QED) is 0.715. The fourth-order valence-corrected chi connectivity index (χ4v) is 1.79. The summed E-state index contributed by atoms with van der Waals surface area (Å²) in [6, 6.07) is 7.30. The van der Waals surface area contributed by atoms with Crippen LogP contribution >= 0.6 is 12.2 Å². The van der Waals surface area contributed by atoms with E-state index in [-0.39, 0.29) is 11.2 Å².